The first-order chi connectivity index (χ1) is 18.0. The van der Waals surface area contributed by atoms with E-state index in [9.17, 15) is 9.90 Å². The number of nitrogens with one attached hydrogen (secondary N) is 1. The molecule has 0 aliphatic carbocycles. The van der Waals surface area contributed by atoms with Gasteiger partial charge in [-0.2, -0.15) is 0 Å². The number of nitrogens with zero attached hydrogens (tertiary/aromatic N) is 2. The first-order valence-electron chi connectivity index (χ1n) is 13.8. The van der Waals surface area contributed by atoms with E-state index in [4.69, 9.17) is 20.4 Å². The normalized spacial score (nSPS) is 24.7. The van der Waals surface area contributed by atoms with Crippen molar-refractivity contribution in [3.05, 3.63) is 53.6 Å². The minimum atomic E-state index is -3.19. The number of amides is 1. The lowest BCUT2D eigenvalue weighted by molar-refractivity contribution is -0.117. The molecule has 0 aromatic heterocycles. The van der Waals surface area contributed by atoms with Crippen molar-refractivity contribution in [3.8, 4) is 11.5 Å². The largest absolute Gasteiger partial charge is 0.493 e. The third kappa shape index (κ3) is 8.68. The van der Waals surface area contributed by atoms with Gasteiger partial charge in [-0.25, -0.2) is 0 Å². The summed E-state index contributed by atoms with van der Waals surface area (Å²) in [7, 11) is 1.42. The summed E-state index contributed by atoms with van der Waals surface area (Å²) in [5, 5.41) is 13.2. The molecule has 1 fully saturated rings. The molecule has 7 nitrogen and oxygen atoms in total. The van der Waals surface area contributed by atoms with Gasteiger partial charge in [0.2, 0.25) is 5.91 Å². The van der Waals surface area contributed by atoms with Crippen LogP contribution in [0.2, 0.25) is 0 Å². The zero-order chi connectivity index (χ0) is 29.4. The number of ether oxygens (including phenoxy) is 2. The van der Waals surface area contributed by atoms with Crippen LogP contribution in [-0.4, -0.2) is 79.7 Å². The maximum Gasteiger partial charge on any atom is 0.238 e. The monoisotopic (exact) mass is 507 g/mol. The third-order valence-corrected chi connectivity index (χ3v) is 4.58. The molecule has 1 atom stereocenters. The summed E-state index contributed by atoms with van der Waals surface area (Å²) < 4.78 is 78.7. The highest BCUT2D eigenvalue weighted by molar-refractivity contribution is 5.93. The van der Waals surface area contributed by atoms with Crippen LogP contribution < -0.4 is 14.8 Å². The van der Waals surface area contributed by atoms with Crippen LogP contribution in [0.15, 0.2) is 42.5 Å². The predicted octanol–water partition coefficient (Wildman–Crippen LogP) is 3.15. The molecule has 0 bridgehead atoms. The molecule has 1 heterocycles. The summed E-state index contributed by atoms with van der Waals surface area (Å²) >= 11 is 0. The minimum absolute atomic E-state index is 0. The fraction of sp³-hybridized carbons (Fsp3) is 0.458. The Morgan fingerprint density at radius 1 is 1.03 bits per heavy atom. The van der Waals surface area contributed by atoms with Crippen molar-refractivity contribution in [2.24, 2.45) is 0 Å². The molecule has 1 amide bonds. The molecule has 3 rings (SSSR count). The van der Waals surface area contributed by atoms with Gasteiger partial charge in [0.05, 0.1) is 13.7 Å². The number of hydrogen-bond donors (Lipinski definition) is 2. The van der Waals surface area contributed by atoms with Crippen molar-refractivity contribution >= 4 is 36.4 Å². The van der Waals surface area contributed by atoms with Crippen LogP contribution in [0.25, 0.3) is 0 Å². The quantitative estimate of drug-likeness (QED) is 0.542. The van der Waals surface area contributed by atoms with Crippen molar-refractivity contribution in [2.45, 2.75) is 20.0 Å². The summed E-state index contributed by atoms with van der Waals surface area (Å²) in [5.74, 6) is -0.197. The summed E-state index contributed by atoms with van der Waals surface area (Å²) in [6.45, 7) is -11.4. The number of para-hydroxylation sites is 3. The van der Waals surface area contributed by atoms with Crippen LogP contribution in [0.4, 0.5) is 5.69 Å². The number of β-amino-alcohol motifs (C(OH)–C–C–N with tert-alkyl or cyclic N) is 1. The van der Waals surface area contributed by atoms with Gasteiger partial charge in [-0.15, -0.1) is 24.8 Å². The second-order valence-electron chi connectivity index (χ2n) is 7.07. The molecule has 9 heteroatoms. The summed E-state index contributed by atoms with van der Waals surface area (Å²) in [4.78, 5) is 13.5. The Labute approximate surface area is 220 Å². The Bertz CT molecular complexity index is 1160. The van der Waals surface area contributed by atoms with Gasteiger partial charge in [-0.05, 0) is 37.1 Å². The highest BCUT2D eigenvalue weighted by Crippen LogP contribution is 2.25. The molecule has 1 unspecified atom stereocenters. The number of aliphatic hydroxyl groups is 1. The molecule has 0 saturated carbocycles. The number of anilines is 1. The number of aryl methyl sites for hydroxylation is 2. The smallest absolute Gasteiger partial charge is 0.238 e. The molecule has 0 radical (unpaired) electrons. The van der Waals surface area contributed by atoms with Crippen LogP contribution in [0, 0.1) is 13.8 Å². The number of methoxy groups -OCH3 is 1. The van der Waals surface area contributed by atoms with Gasteiger partial charge in [-0.1, -0.05) is 30.3 Å². The van der Waals surface area contributed by atoms with E-state index in [-0.39, 0.29) is 35.5 Å². The summed E-state index contributed by atoms with van der Waals surface area (Å²) in [5.41, 5.74) is 1.88. The highest BCUT2D eigenvalue weighted by atomic mass is 35.5. The van der Waals surface area contributed by atoms with Gasteiger partial charge in [0.15, 0.2) is 11.5 Å². The summed E-state index contributed by atoms with van der Waals surface area (Å²) in [6, 6.07) is 11.9. The first-order valence-corrected chi connectivity index (χ1v) is 9.84. The van der Waals surface area contributed by atoms with E-state index in [0.717, 1.165) is 0 Å². The van der Waals surface area contributed by atoms with Crippen molar-refractivity contribution < 1.29 is 30.3 Å². The maximum atomic E-state index is 12.9. The van der Waals surface area contributed by atoms with Crippen LogP contribution in [0.1, 0.15) is 22.1 Å². The fourth-order valence-corrected chi connectivity index (χ4v) is 2.99. The van der Waals surface area contributed by atoms with Crippen molar-refractivity contribution in [3.63, 3.8) is 0 Å². The van der Waals surface area contributed by atoms with Crippen molar-refractivity contribution in [1.82, 2.24) is 9.80 Å². The molecule has 2 aromatic carbocycles. The molecule has 2 aromatic rings. The SMILES string of the molecule is Cl.Cl.[2H]C1([2H])N(CC(=O)Nc2c(C)cccc2C)C([2H])([2H])C([2H])([2H])N(CC(O)COc2ccccc2OC)C1([2H])[2H]. The van der Waals surface area contributed by atoms with Gasteiger partial charge >= 0.3 is 0 Å². The van der Waals surface area contributed by atoms with E-state index >= 15 is 0 Å². The van der Waals surface area contributed by atoms with E-state index in [1.807, 2.05) is 0 Å². The number of rotatable bonds is 9. The van der Waals surface area contributed by atoms with E-state index < -0.39 is 57.7 Å². The zero-order valence-electron chi connectivity index (χ0n) is 26.6. The van der Waals surface area contributed by atoms with Crippen LogP contribution in [0.5, 0.6) is 11.5 Å². The first kappa shape index (κ1) is 18.3. The molecular formula is C24H35Cl2N3O4. The second-order valence-corrected chi connectivity index (χ2v) is 7.07. The van der Waals surface area contributed by atoms with Crippen molar-refractivity contribution in [1.29, 1.82) is 0 Å². The topological polar surface area (TPSA) is 74.3 Å². The molecule has 1 aliphatic rings. The Morgan fingerprint density at radius 3 is 2.21 bits per heavy atom. The average molecular weight is 509 g/mol. The maximum absolute atomic E-state index is 12.9. The molecule has 2 N–H and O–H groups in total. The molecular weight excluding hydrogens is 465 g/mol. The molecule has 1 saturated heterocycles. The van der Waals surface area contributed by atoms with E-state index in [1.54, 1.807) is 56.3 Å². The number of benzene rings is 2. The molecule has 184 valence electrons. The van der Waals surface area contributed by atoms with Crippen LogP contribution in [0.3, 0.4) is 0 Å². The van der Waals surface area contributed by atoms with Crippen LogP contribution in [-0.2, 0) is 4.79 Å². The lowest BCUT2D eigenvalue weighted by Gasteiger charge is -2.35. The number of carbonyl (C=O) groups excluding carboxylic acids is 1. The Balaban J connectivity index is 0.00000420. The number of carbonyl (C=O) groups is 1. The number of piperazine rings is 1. The number of hydrogen-bond acceptors (Lipinski definition) is 6. The minimum Gasteiger partial charge on any atom is -0.493 e. The Hall–Kier alpha value is -2.03. The number of aliphatic hydroxyl groups excluding tert-OH is 1. The second kappa shape index (κ2) is 14.3. The fourth-order valence-electron chi connectivity index (χ4n) is 2.99. The predicted molar refractivity (Wildman–Crippen MR) is 136 cm³/mol. The lowest BCUT2D eigenvalue weighted by atomic mass is 10.1. The third-order valence-electron chi connectivity index (χ3n) is 4.58. The van der Waals surface area contributed by atoms with E-state index in [1.165, 1.54) is 7.11 Å². The van der Waals surface area contributed by atoms with Gasteiger partial charge in [0, 0.05) is 49.2 Å². The Morgan fingerprint density at radius 2 is 1.61 bits per heavy atom. The standard InChI is InChI=1S/C24H33N3O4.2ClH/c1-18-7-6-8-19(2)24(18)25-23(29)16-27-13-11-26(12-14-27)15-20(28)17-31-22-10-5-4-9-21(22)30-3;;/h4-10,20,28H,11-17H2,1-3H3,(H,25,29);2*1H/i11D2,12D2,13D2,14D2;;. The van der Waals surface area contributed by atoms with Gasteiger partial charge < -0.3 is 19.9 Å². The molecule has 33 heavy (non-hydrogen) atoms. The highest BCUT2D eigenvalue weighted by Gasteiger charge is 2.21. The zero-order valence-corrected chi connectivity index (χ0v) is 20.3. The average Bonchev–Trinajstić information content (AvgIpc) is 2.85. The number of halogens is 2. The van der Waals surface area contributed by atoms with Gasteiger partial charge in [-0.3, -0.25) is 14.6 Å². The van der Waals surface area contributed by atoms with E-state index in [0.29, 0.717) is 27.5 Å². The van der Waals surface area contributed by atoms with Gasteiger partial charge in [0.25, 0.3) is 0 Å². The van der Waals surface area contributed by atoms with Crippen molar-refractivity contribution in [2.75, 3.05) is 58.1 Å². The molecule has 0 spiro atoms. The van der Waals surface area contributed by atoms with Crippen LogP contribution >= 0.6 is 24.8 Å². The lowest BCUT2D eigenvalue weighted by Crippen LogP contribution is -2.50. The Kier molecular flexibility index (Phi) is 7.93. The van der Waals surface area contributed by atoms with E-state index in [2.05, 4.69) is 5.32 Å². The summed E-state index contributed by atoms with van der Waals surface area (Å²) in [6.07, 6.45) is -1.54. The molecule has 1 aliphatic heterocycles. The van der Waals surface area contributed by atoms with Gasteiger partial charge in [0.1, 0.15) is 12.7 Å².